The van der Waals surface area contributed by atoms with Crippen LogP contribution in [0.25, 0.3) is 22.5 Å². The van der Waals surface area contributed by atoms with Crippen LogP contribution in [0.3, 0.4) is 0 Å². The molecule has 1 aromatic heterocycles. The first-order valence-corrected chi connectivity index (χ1v) is 21.4. The summed E-state index contributed by atoms with van der Waals surface area (Å²) in [5.41, 5.74) is 3.03. The van der Waals surface area contributed by atoms with Gasteiger partial charge in [-0.25, -0.2) is 9.59 Å². The average molecular weight is 850 g/mol. The maximum atomic E-state index is 13.9. The zero-order valence-corrected chi connectivity index (χ0v) is 36.5. The molecule has 0 unspecified atom stereocenters. The van der Waals surface area contributed by atoms with Crippen LogP contribution >= 0.6 is 0 Å². The number of amides is 5. The molecule has 5 N–H and O–H groups in total. The van der Waals surface area contributed by atoms with Crippen molar-refractivity contribution in [3.63, 3.8) is 0 Å². The lowest BCUT2D eigenvalue weighted by Gasteiger charge is -2.33. The van der Waals surface area contributed by atoms with Crippen molar-refractivity contribution in [2.24, 2.45) is 11.8 Å². The number of aromatic amines is 1. The molecular weight excluding hydrogens is 791 g/mol. The van der Waals surface area contributed by atoms with Crippen LogP contribution in [0.1, 0.15) is 96.0 Å². The first kappa shape index (κ1) is 45.2. The number of alkyl carbamates (subject to hydrolysis) is 1. The van der Waals surface area contributed by atoms with E-state index in [9.17, 15) is 24.0 Å². The van der Waals surface area contributed by atoms with Crippen LogP contribution in [-0.2, 0) is 25.5 Å². The van der Waals surface area contributed by atoms with Crippen molar-refractivity contribution in [1.82, 2.24) is 41.5 Å². The minimum atomic E-state index is -0.892. The molecule has 16 nitrogen and oxygen atoms in total. The van der Waals surface area contributed by atoms with E-state index in [1.54, 1.807) is 35.2 Å². The molecule has 1 aliphatic carbocycles. The van der Waals surface area contributed by atoms with Crippen molar-refractivity contribution >= 4 is 35.6 Å². The fraction of sp³-hybridized carbons (Fsp3) is 0.478. The smallest absolute Gasteiger partial charge is 0.410 e. The molecule has 3 aromatic carbocycles. The molecular formula is C46H59N9O7. The number of rotatable bonds is 12. The highest BCUT2D eigenvalue weighted by Gasteiger charge is 2.31. The third-order valence-electron chi connectivity index (χ3n) is 10.9. The lowest BCUT2D eigenvalue weighted by molar-refractivity contribution is -0.130. The molecule has 6 rings (SSSR count). The summed E-state index contributed by atoms with van der Waals surface area (Å²) in [6.07, 6.45) is 3.43. The largest absolute Gasteiger partial charge is 0.444 e. The number of carbonyl (C=O) groups excluding carboxylic acids is 5. The molecule has 2 aliphatic rings. The van der Waals surface area contributed by atoms with Gasteiger partial charge in [0.05, 0.1) is 0 Å². The van der Waals surface area contributed by atoms with Gasteiger partial charge in [-0.15, -0.1) is 10.2 Å². The summed E-state index contributed by atoms with van der Waals surface area (Å²) < 4.78 is 10.9. The number of H-pyrrole nitrogens is 1. The fourth-order valence-corrected chi connectivity index (χ4v) is 7.67. The minimum absolute atomic E-state index is 0.0884. The zero-order chi connectivity index (χ0) is 44.4. The topological polar surface area (TPSA) is 210 Å². The van der Waals surface area contributed by atoms with E-state index in [-0.39, 0.29) is 48.1 Å². The van der Waals surface area contributed by atoms with Gasteiger partial charge in [-0.1, -0.05) is 42.5 Å². The monoisotopic (exact) mass is 849 g/mol. The van der Waals surface area contributed by atoms with E-state index in [4.69, 9.17) is 9.47 Å². The van der Waals surface area contributed by atoms with E-state index in [1.165, 1.54) is 0 Å². The molecule has 0 radical (unpaired) electrons. The Morgan fingerprint density at radius 3 is 2.06 bits per heavy atom. The molecule has 16 heteroatoms. The molecule has 1 aliphatic heterocycles. The van der Waals surface area contributed by atoms with Gasteiger partial charge in [-0.3, -0.25) is 14.4 Å². The van der Waals surface area contributed by atoms with Crippen molar-refractivity contribution in [3.8, 4) is 22.5 Å². The van der Waals surface area contributed by atoms with Crippen LogP contribution in [0.15, 0.2) is 72.8 Å². The van der Waals surface area contributed by atoms with Crippen molar-refractivity contribution in [3.05, 3.63) is 83.9 Å². The fourth-order valence-electron chi connectivity index (χ4n) is 7.67. The van der Waals surface area contributed by atoms with Gasteiger partial charge >= 0.3 is 12.2 Å². The van der Waals surface area contributed by atoms with Crippen LogP contribution in [0.2, 0.25) is 0 Å². The summed E-state index contributed by atoms with van der Waals surface area (Å²) in [5, 5.41) is 26.1. The summed E-state index contributed by atoms with van der Waals surface area (Å²) >= 11 is 0. The predicted molar refractivity (Wildman–Crippen MR) is 234 cm³/mol. The molecule has 1 saturated carbocycles. The molecule has 330 valence electrons. The first-order chi connectivity index (χ1) is 29.5. The Hall–Kier alpha value is -6.32. The molecule has 1 saturated heterocycles. The van der Waals surface area contributed by atoms with Crippen LogP contribution in [0.4, 0.5) is 15.3 Å². The number of aromatic nitrogens is 4. The average Bonchev–Trinajstić information content (AvgIpc) is 3.78. The number of nitrogens with zero attached hydrogens (tertiary/aromatic N) is 4. The summed E-state index contributed by atoms with van der Waals surface area (Å²) in [5.74, 6) is -0.391. The van der Waals surface area contributed by atoms with Gasteiger partial charge in [0.1, 0.15) is 17.2 Å². The summed E-state index contributed by atoms with van der Waals surface area (Å²) in [4.78, 5) is 67.8. The van der Waals surface area contributed by atoms with Crippen LogP contribution in [0.5, 0.6) is 0 Å². The summed E-state index contributed by atoms with van der Waals surface area (Å²) in [6, 6.07) is 21.1. The second kappa shape index (κ2) is 20.0. The standard InChI is InChI=1S/C46H59N9O7/c1-45(2,3)61-43(59)47-28-30-13-17-33(18-14-30)40(56)50-38(42(58)49-34-21-19-32(20-22-34)39-51-53-54-52-39)27-29-11-15-31(16-12-29)36-9-7-8-10-37(36)41(57)48-35-23-25-55(26-24-35)44(60)62-46(4,5)6/h7-12,15-16,19-22,30,33,35,38H,13-14,17-18,23-28H2,1-6H3,(H,47,59)(H,48,57)(H,49,58)(H,50,56)(H,51,52,53,54)/t30-,33-,38-/m0/s1. The number of nitrogens with one attached hydrogen (secondary N) is 5. The quantitative estimate of drug-likeness (QED) is 0.102. The number of hydrogen-bond acceptors (Lipinski definition) is 10. The Balaban J connectivity index is 1.10. The van der Waals surface area contributed by atoms with Crippen LogP contribution < -0.4 is 21.3 Å². The SMILES string of the molecule is CC(C)(C)OC(=O)NC[C@H]1CC[C@H](C(=O)N[C@@H](Cc2ccc(-c3ccccc3C(=O)NC3CCN(C(=O)OC(C)(C)C)CC3)cc2)C(=O)Nc2ccc(-c3nn[nH]n3)cc2)CC1. The van der Waals surface area contributed by atoms with E-state index < -0.39 is 23.3 Å². The number of piperidine rings is 1. The maximum absolute atomic E-state index is 13.9. The molecule has 4 aromatic rings. The Morgan fingerprint density at radius 1 is 0.790 bits per heavy atom. The summed E-state index contributed by atoms with van der Waals surface area (Å²) in [6.45, 7) is 12.4. The van der Waals surface area contributed by atoms with Gasteiger partial charge < -0.3 is 35.6 Å². The van der Waals surface area contributed by atoms with E-state index in [1.807, 2.05) is 84.0 Å². The first-order valence-electron chi connectivity index (χ1n) is 21.4. The molecule has 5 amide bonds. The Labute approximate surface area is 362 Å². The highest BCUT2D eigenvalue weighted by molar-refractivity contribution is 6.01. The zero-order valence-electron chi connectivity index (χ0n) is 36.5. The van der Waals surface area contributed by atoms with Gasteiger partial charge in [-0.05, 0) is 138 Å². The Morgan fingerprint density at radius 2 is 1.44 bits per heavy atom. The molecule has 2 fully saturated rings. The van der Waals surface area contributed by atoms with Gasteiger partial charge in [0, 0.05) is 54.8 Å². The molecule has 2 heterocycles. The normalized spacial score (nSPS) is 17.6. The molecule has 0 bridgehead atoms. The number of tetrazole rings is 1. The highest BCUT2D eigenvalue weighted by atomic mass is 16.6. The van der Waals surface area contributed by atoms with E-state index in [2.05, 4.69) is 41.9 Å². The molecule has 1 atom stereocenters. The molecule has 0 spiro atoms. The number of hydrogen-bond donors (Lipinski definition) is 5. The number of benzene rings is 3. The third-order valence-corrected chi connectivity index (χ3v) is 10.9. The van der Waals surface area contributed by atoms with E-state index in [0.29, 0.717) is 62.4 Å². The summed E-state index contributed by atoms with van der Waals surface area (Å²) in [7, 11) is 0. The van der Waals surface area contributed by atoms with Gasteiger partial charge in [0.15, 0.2) is 0 Å². The number of likely N-dealkylation sites (tertiary alicyclic amines) is 1. The Bertz CT molecular complexity index is 2150. The van der Waals surface area contributed by atoms with E-state index in [0.717, 1.165) is 35.1 Å². The number of anilines is 1. The number of ether oxygens (including phenoxy) is 2. The van der Waals surface area contributed by atoms with E-state index >= 15 is 0 Å². The second-order valence-electron chi connectivity index (χ2n) is 18.1. The molecule has 62 heavy (non-hydrogen) atoms. The Kier molecular flexibility index (Phi) is 14.6. The predicted octanol–water partition coefficient (Wildman–Crippen LogP) is 6.66. The van der Waals surface area contributed by atoms with Gasteiger partial charge in [-0.2, -0.15) is 5.21 Å². The lowest BCUT2D eigenvalue weighted by Crippen LogP contribution is -2.48. The van der Waals surface area contributed by atoms with Crippen LogP contribution in [-0.4, -0.2) is 98.4 Å². The van der Waals surface area contributed by atoms with Crippen molar-refractivity contribution in [1.29, 1.82) is 0 Å². The lowest BCUT2D eigenvalue weighted by atomic mass is 9.81. The van der Waals surface area contributed by atoms with Crippen molar-refractivity contribution < 1.29 is 33.4 Å². The van der Waals surface area contributed by atoms with Gasteiger partial charge in [0.2, 0.25) is 17.6 Å². The highest BCUT2D eigenvalue weighted by Crippen LogP contribution is 2.30. The maximum Gasteiger partial charge on any atom is 0.410 e. The van der Waals surface area contributed by atoms with Crippen molar-refractivity contribution in [2.45, 2.75) is 110 Å². The van der Waals surface area contributed by atoms with Gasteiger partial charge in [0.25, 0.3) is 5.91 Å². The number of carbonyl (C=O) groups is 5. The van der Waals surface area contributed by atoms with Crippen LogP contribution in [0, 0.1) is 11.8 Å². The minimum Gasteiger partial charge on any atom is -0.444 e. The third kappa shape index (κ3) is 13.1. The van der Waals surface area contributed by atoms with Crippen molar-refractivity contribution in [2.75, 3.05) is 25.0 Å². The second-order valence-corrected chi connectivity index (χ2v) is 18.1.